The summed E-state index contributed by atoms with van der Waals surface area (Å²) in [6, 6.07) is 15.9. The molecule has 0 aromatic heterocycles. The molecule has 0 radical (unpaired) electrons. The normalized spacial score (nSPS) is 19.8. The van der Waals surface area contributed by atoms with E-state index in [2.05, 4.69) is 34.9 Å². The summed E-state index contributed by atoms with van der Waals surface area (Å²) in [5, 5.41) is 14.2. The van der Waals surface area contributed by atoms with Gasteiger partial charge in [-0.05, 0) is 68.4 Å². The van der Waals surface area contributed by atoms with Gasteiger partial charge in [-0.3, -0.25) is 14.4 Å². The molecule has 1 atom stereocenters. The molecule has 29 heavy (non-hydrogen) atoms. The second kappa shape index (κ2) is 9.37. The van der Waals surface area contributed by atoms with Crippen LogP contribution in [0, 0.1) is 5.92 Å². The molecule has 1 unspecified atom stereocenters. The largest absolute Gasteiger partial charge is 0.480 e. The van der Waals surface area contributed by atoms with Crippen molar-refractivity contribution >= 4 is 23.5 Å². The lowest BCUT2D eigenvalue weighted by Gasteiger charge is -2.28. The molecule has 6 nitrogen and oxygen atoms in total. The van der Waals surface area contributed by atoms with Gasteiger partial charge < -0.3 is 15.7 Å². The number of hydrogen-bond acceptors (Lipinski definition) is 3. The zero-order chi connectivity index (χ0) is 20.8. The van der Waals surface area contributed by atoms with Crippen LogP contribution in [0.2, 0.25) is 0 Å². The molecule has 1 aliphatic carbocycles. The van der Waals surface area contributed by atoms with Crippen LogP contribution in [-0.2, 0) is 9.59 Å². The predicted molar refractivity (Wildman–Crippen MR) is 111 cm³/mol. The van der Waals surface area contributed by atoms with Crippen LogP contribution in [0.15, 0.2) is 54.6 Å². The number of anilines is 1. The predicted octanol–water partition coefficient (Wildman–Crippen LogP) is 3.80. The first-order valence-corrected chi connectivity index (χ1v) is 9.93. The number of carboxylic acid groups (broad SMARTS) is 1. The van der Waals surface area contributed by atoms with Crippen molar-refractivity contribution in [3.8, 4) is 0 Å². The number of rotatable bonds is 6. The number of benzene rings is 2. The number of carbonyl (C=O) groups is 3. The maximum absolute atomic E-state index is 12.6. The molecular weight excluding hydrogens is 368 g/mol. The smallest absolute Gasteiger partial charge is 0.325 e. The topological polar surface area (TPSA) is 95.5 Å². The lowest BCUT2D eigenvalue weighted by molar-refractivity contribution is -0.138. The lowest BCUT2D eigenvalue weighted by atomic mass is 9.78. The highest BCUT2D eigenvalue weighted by Crippen LogP contribution is 2.36. The number of hydrogen-bond donors (Lipinski definition) is 3. The Morgan fingerprint density at radius 2 is 1.55 bits per heavy atom. The SMILES string of the molecule is CC(NC(=O)c1ccc(NC(=O)C2CCC(c3ccccc3)CC2)cc1)C(=O)O. The average molecular weight is 394 g/mol. The van der Waals surface area contributed by atoms with Gasteiger partial charge in [-0.25, -0.2) is 0 Å². The van der Waals surface area contributed by atoms with E-state index in [9.17, 15) is 14.4 Å². The zero-order valence-corrected chi connectivity index (χ0v) is 16.4. The van der Waals surface area contributed by atoms with Gasteiger partial charge in [0.05, 0.1) is 0 Å². The van der Waals surface area contributed by atoms with Gasteiger partial charge in [0.15, 0.2) is 0 Å². The highest BCUT2D eigenvalue weighted by molar-refractivity contribution is 5.97. The van der Waals surface area contributed by atoms with Crippen LogP contribution in [0.3, 0.4) is 0 Å². The van der Waals surface area contributed by atoms with Gasteiger partial charge in [-0.2, -0.15) is 0 Å². The van der Waals surface area contributed by atoms with E-state index in [-0.39, 0.29) is 11.8 Å². The second-order valence-electron chi connectivity index (χ2n) is 7.56. The highest BCUT2D eigenvalue weighted by atomic mass is 16.4. The van der Waals surface area contributed by atoms with Crippen molar-refractivity contribution in [2.75, 3.05) is 5.32 Å². The van der Waals surface area contributed by atoms with E-state index >= 15 is 0 Å². The van der Waals surface area contributed by atoms with Crippen molar-refractivity contribution in [1.82, 2.24) is 5.32 Å². The third kappa shape index (κ3) is 5.44. The average Bonchev–Trinajstić information content (AvgIpc) is 2.74. The molecule has 3 N–H and O–H groups in total. The minimum atomic E-state index is -1.09. The summed E-state index contributed by atoms with van der Waals surface area (Å²) in [4.78, 5) is 35.5. The van der Waals surface area contributed by atoms with Crippen LogP contribution < -0.4 is 10.6 Å². The molecular formula is C23H26N2O4. The zero-order valence-electron chi connectivity index (χ0n) is 16.4. The quantitative estimate of drug-likeness (QED) is 0.694. The van der Waals surface area contributed by atoms with E-state index < -0.39 is 17.9 Å². The molecule has 2 amide bonds. The Morgan fingerprint density at radius 3 is 2.14 bits per heavy atom. The van der Waals surface area contributed by atoms with E-state index in [1.165, 1.54) is 12.5 Å². The minimum absolute atomic E-state index is 0.00523. The maximum atomic E-state index is 12.6. The van der Waals surface area contributed by atoms with Crippen molar-refractivity contribution in [3.05, 3.63) is 65.7 Å². The molecule has 1 saturated carbocycles. The summed E-state index contributed by atoms with van der Waals surface area (Å²) in [7, 11) is 0. The van der Waals surface area contributed by atoms with Gasteiger partial charge in [0.1, 0.15) is 6.04 Å². The first-order chi connectivity index (χ1) is 13.9. The monoisotopic (exact) mass is 394 g/mol. The van der Waals surface area contributed by atoms with Crippen LogP contribution >= 0.6 is 0 Å². The number of carbonyl (C=O) groups excluding carboxylic acids is 2. The summed E-state index contributed by atoms with van der Waals surface area (Å²) in [6.45, 7) is 1.40. The van der Waals surface area contributed by atoms with E-state index in [0.29, 0.717) is 17.2 Å². The first kappa shape index (κ1) is 20.6. The van der Waals surface area contributed by atoms with E-state index in [0.717, 1.165) is 25.7 Å². The second-order valence-corrected chi connectivity index (χ2v) is 7.56. The van der Waals surface area contributed by atoms with E-state index in [1.807, 2.05) is 6.07 Å². The van der Waals surface area contributed by atoms with Gasteiger partial charge in [0.25, 0.3) is 5.91 Å². The molecule has 0 spiro atoms. The molecule has 2 aromatic carbocycles. The summed E-state index contributed by atoms with van der Waals surface area (Å²) >= 11 is 0. The van der Waals surface area contributed by atoms with Crippen molar-refractivity contribution in [2.24, 2.45) is 5.92 Å². The molecule has 6 heteroatoms. The van der Waals surface area contributed by atoms with Gasteiger partial charge in [0.2, 0.25) is 5.91 Å². The highest BCUT2D eigenvalue weighted by Gasteiger charge is 2.27. The number of carboxylic acids is 1. The van der Waals surface area contributed by atoms with Crippen molar-refractivity contribution < 1.29 is 19.5 Å². The lowest BCUT2D eigenvalue weighted by Crippen LogP contribution is -2.38. The van der Waals surface area contributed by atoms with Crippen molar-refractivity contribution in [2.45, 2.75) is 44.6 Å². The third-order valence-electron chi connectivity index (χ3n) is 5.50. The Bertz CT molecular complexity index is 856. The Labute approximate surface area is 170 Å². The molecule has 1 fully saturated rings. The Balaban J connectivity index is 1.51. The Hall–Kier alpha value is -3.15. The van der Waals surface area contributed by atoms with E-state index in [4.69, 9.17) is 5.11 Å². The van der Waals surface area contributed by atoms with Gasteiger partial charge in [-0.1, -0.05) is 30.3 Å². The van der Waals surface area contributed by atoms with Gasteiger partial charge >= 0.3 is 5.97 Å². The van der Waals surface area contributed by atoms with Crippen LogP contribution in [0.1, 0.15) is 54.4 Å². The third-order valence-corrected chi connectivity index (χ3v) is 5.50. The standard InChI is InChI=1S/C23H26N2O4/c1-15(23(28)29)24-21(26)19-11-13-20(14-12-19)25-22(27)18-9-7-17(8-10-18)16-5-3-2-4-6-16/h2-6,11-15,17-18H,7-10H2,1H3,(H,24,26)(H,25,27)(H,28,29). The molecule has 1 aliphatic rings. The summed E-state index contributed by atoms with van der Waals surface area (Å²) < 4.78 is 0. The van der Waals surface area contributed by atoms with E-state index in [1.54, 1.807) is 24.3 Å². The first-order valence-electron chi connectivity index (χ1n) is 9.93. The molecule has 2 aromatic rings. The summed E-state index contributed by atoms with van der Waals surface area (Å²) in [6.07, 6.45) is 3.73. The number of aliphatic carboxylic acids is 1. The van der Waals surface area contributed by atoms with Crippen LogP contribution in [0.25, 0.3) is 0 Å². The van der Waals surface area contributed by atoms with Gasteiger partial charge in [0, 0.05) is 17.2 Å². The maximum Gasteiger partial charge on any atom is 0.325 e. The summed E-state index contributed by atoms with van der Waals surface area (Å²) in [5.41, 5.74) is 2.32. The Kier molecular flexibility index (Phi) is 6.65. The van der Waals surface area contributed by atoms with Crippen molar-refractivity contribution in [3.63, 3.8) is 0 Å². The minimum Gasteiger partial charge on any atom is -0.480 e. The molecule has 3 rings (SSSR count). The molecule has 0 heterocycles. The molecule has 0 aliphatic heterocycles. The van der Waals surface area contributed by atoms with Gasteiger partial charge in [-0.15, -0.1) is 0 Å². The molecule has 0 bridgehead atoms. The fourth-order valence-electron chi connectivity index (χ4n) is 3.71. The van der Waals surface area contributed by atoms with Crippen LogP contribution in [-0.4, -0.2) is 28.9 Å². The molecule has 152 valence electrons. The number of nitrogens with one attached hydrogen (secondary N) is 2. The number of amides is 2. The Morgan fingerprint density at radius 1 is 0.931 bits per heavy atom. The fraction of sp³-hybridized carbons (Fsp3) is 0.348. The van der Waals surface area contributed by atoms with Crippen molar-refractivity contribution in [1.29, 1.82) is 0 Å². The summed E-state index contributed by atoms with van der Waals surface area (Å²) in [5.74, 6) is -1.03. The molecule has 0 saturated heterocycles. The van der Waals surface area contributed by atoms with Crippen LogP contribution in [0.5, 0.6) is 0 Å². The van der Waals surface area contributed by atoms with Crippen LogP contribution in [0.4, 0.5) is 5.69 Å². The fourth-order valence-corrected chi connectivity index (χ4v) is 3.71.